The van der Waals surface area contributed by atoms with E-state index < -0.39 is 5.41 Å². The van der Waals surface area contributed by atoms with Crippen LogP contribution < -0.4 is 5.32 Å². The number of nitrogens with zero attached hydrogens (tertiary/aromatic N) is 4. The molecule has 0 aliphatic heterocycles. The number of pyridine rings is 1. The summed E-state index contributed by atoms with van der Waals surface area (Å²) in [6.45, 7) is 4.28. The molecular weight excluding hydrogens is 321 g/mol. The molecule has 2 aromatic heterocycles. The Labute approximate surface area is 144 Å². The van der Waals surface area contributed by atoms with Crippen LogP contribution in [0.25, 0.3) is 5.82 Å². The van der Waals surface area contributed by atoms with Crippen LogP contribution >= 0.6 is 0 Å². The molecule has 0 spiro atoms. The molecule has 6 nitrogen and oxygen atoms in total. The van der Waals surface area contributed by atoms with Gasteiger partial charge >= 0.3 is 0 Å². The Balaban J connectivity index is 1.66. The average molecular weight is 339 g/mol. The topological polar surface area (TPSA) is 72.7 Å². The highest BCUT2D eigenvalue weighted by molar-refractivity contribution is 5.94. The molecule has 0 radical (unpaired) electrons. The third kappa shape index (κ3) is 3.88. The van der Waals surface area contributed by atoms with E-state index in [4.69, 9.17) is 0 Å². The fraction of sp³-hybridized carbons (Fsp3) is 0.222. The SMILES string of the molecule is CC(C)(CNC(=O)c1ccc(-n2cncn2)nc1)c1cccc(F)c1. The number of carbonyl (C=O) groups excluding carboxylic acids is 1. The van der Waals surface area contributed by atoms with E-state index in [1.807, 2.05) is 19.9 Å². The number of aromatic nitrogens is 4. The zero-order valence-corrected chi connectivity index (χ0v) is 14.0. The molecular formula is C18H18FN5O. The first-order valence-electron chi connectivity index (χ1n) is 7.81. The lowest BCUT2D eigenvalue weighted by atomic mass is 9.84. The fourth-order valence-electron chi connectivity index (χ4n) is 2.40. The van der Waals surface area contributed by atoms with Crippen molar-refractivity contribution in [3.63, 3.8) is 0 Å². The van der Waals surface area contributed by atoms with E-state index in [-0.39, 0.29) is 11.7 Å². The van der Waals surface area contributed by atoms with E-state index in [9.17, 15) is 9.18 Å². The molecule has 0 unspecified atom stereocenters. The molecule has 128 valence electrons. The molecule has 1 N–H and O–H groups in total. The van der Waals surface area contributed by atoms with Crippen LogP contribution in [0.3, 0.4) is 0 Å². The standard InChI is InChI=1S/C18H18FN5O/c1-18(2,14-4-3-5-15(19)8-14)10-22-17(25)13-6-7-16(21-9-13)24-12-20-11-23-24/h3-9,11-12H,10H2,1-2H3,(H,22,25). The van der Waals surface area contributed by atoms with Gasteiger partial charge in [0.25, 0.3) is 5.91 Å². The predicted molar refractivity (Wildman–Crippen MR) is 90.9 cm³/mol. The number of amides is 1. The van der Waals surface area contributed by atoms with Crippen molar-refractivity contribution in [1.82, 2.24) is 25.1 Å². The number of carbonyl (C=O) groups is 1. The molecule has 7 heteroatoms. The van der Waals surface area contributed by atoms with Gasteiger partial charge in [-0.3, -0.25) is 4.79 Å². The molecule has 25 heavy (non-hydrogen) atoms. The Kier molecular flexibility index (Phi) is 4.56. The highest BCUT2D eigenvalue weighted by atomic mass is 19.1. The Morgan fingerprint density at radius 2 is 2.12 bits per heavy atom. The summed E-state index contributed by atoms with van der Waals surface area (Å²) in [5.74, 6) is 0.0565. The number of nitrogens with one attached hydrogen (secondary N) is 1. The van der Waals surface area contributed by atoms with Crippen LogP contribution in [0.15, 0.2) is 55.2 Å². The van der Waals surface area contributed by atoms with E-state index in [1.165, 1.54) is 35.7 Å². The number of rotatable bonds is 5. The van der Waals surface area contributed by atoms with Crippen LogP contribution in [-0.2, 0) is 5.41 Å². The number of hydrogen-bond donors (Lipinski definition) is 1. The minimum absolute atomic E-state index is 0.234. The van der Waals surface area contributed by atoms with Crippen molar-refractivity contribution in [2.45, 2.75) is 19.3 Å². The summed E-state index contributed by atoms with van der Waals surface area (Å²) >= 11 is 0. The average Bonchev–Trinajstić information content (AvgIpc) is 3.14. The van der Waals surface area contributed by atoms with Gasteiger partial charge in [-0.2, -0.15) is 5.10 Å². The Hall–Kier alpha value is -3.09. The molecule has 0 bridgehead atoms. The van der Waals surface area contributed by atoms with Crippen LogP contribution in [0.4, 0.5) is 4.39 Å². The summed E-state index contributed by atoms with van der Waals surface area (Å²) in [7, 11) is 0. The highest BCUT2D eigenvalue weighted by Crippen LogP contribution is 2.23. The molecule has 3 aromatic rings. The normalized spacial score (nSPS) is 11.3. The van der Waals surface area contributed by atoms with Crippen molar-refractivity contribution < 1.29 is 9.18 Å². The summed E-state index contributed by atoms with van der Waals surface area (Å²) < 4.78 is 14.9. The van der Waals surface area contributed by atoms with Crippen molar-refractivity contribution in [2.75, 3.05) is 6.54 Å². The second kappa shape index (κ2) is 6.80. The monoisotopic (exact) mass is 339 g/mol. The Bertz CT molecular complexity index is 859. The molecule has 0 fully saturated rings. The van der Waals surface area contributed by atoms with Gasteiger partial charge in [0.2, 0.25) is 0 Å². The largest absolute Gasteiger partial charge is 0.351 e. The molecule has 1 aromatic carbocycles. The smallest absolute Gasteiger partial charge is 0.252 e. The zero-order valence-electron chi connectivity index (χ0n) is 14.0. The lowest BCUT2D eigenvalue weighted by Crippen LogP contribution is -2.36. The van der Waals surface area contributed by atoms with Crippen molar-refractivity contribution >= 4 is 5.91 Å². The number of benzene rings is 1. The van der Waals surface area contributed by atoms with Crippen LogP contribution in [0.5, 0.6) is 0 Å². The van der Waals surface area contributed by atoms with Gasteiger partial charge in [-0.1, -0.05) is 26.0 Å². The number of halogens is 1. The van der Waals surface area contributed by atoms with Crippen LogP contribution in [0, 0.1) is 5.82 Å². The van der Waals surface area contributed by atoms with Gasteiger partial charge < -0.3 is 5.32 Å². The minimum Gasteiger partial charge on any atom is -0.351 e. The van der Waals surface area contributed by atoms with E-state index in [0.29, 0.717) is 17.9 Å². The first-order valence-corrected chi connectivity index (χ1v) is 7.81. The van der Waals surface area contributed by atoms with Crippen LogP contribution in [-0.4, -0.2) is 32.2 Å². The van der Waals surface area contributed by atoms with Crippen LogP contribution in [0.2, 0.25) is 0 Å². The Morgan fingerprint density at radius 1 is 1.28 bits per heavy atom. The van der Waals surface area contributed by atoms with Crippen molar-refractivity contribution in [1.29, 1.82) is 0 Å². The Morgan fingerprint density at radius 3 is 2.76 bits per heavy atom. The zero-order chi connectivity index (χ0) is 17.9. The van der Waals surface area contributed by atoms with Gasteiger partial charge in [0.1, 0.15) is 18.5 Å². The van der Waals surface area contributed by atoms with Crippen molar-refractivity contribution in [3.8, 4) is 5.82 Å². The lowest BCUT2D eigenvalue weighted by molar-refractivity contribution is 0.0945. The maximum absolute atomic E-state index is 13.4. The molecule has 0 saturated heterocycles. The van der Waals surface area contributed by atoms with Crippen molar-refractivity contribution in [3.05, 3.63) is 72.2 Å². The molecule has 0 saturated carbocycles. The predicted octanol–water partition coefficient (Wildman–Crippen LogP) is 2.51. The summed E-state index contributed by atoms with van der Waals surface area (Å²) in [6, 6.07) is 9.78. The molecule has 3 rings (SSSR count). The maximum Gasteiger partial charge on any atom is 0.252 e. The van der Waals surface area contributed by atoms with Gasteiger partial charge in [0, 0.05) is 18.2 Å². The van der Waals surface area contributed by atoms with E-state index >= 15 is 0 Å². The number of hydrogen-bond acceptors (Lipinski definition) is 4. The first kappa shape index (κ1) is 16.8. The van der Waals surface area contributed by atoms with E-state index in [0.717, 1.165) is 5.56 Å². The first-order chi connectivity index (χ1) is 12.0. The third-order valence-corrected chi connectivity index (χ3v) is 3.96. The summed E-state index contributed by atoms with van der Waals surface area (Å²) in [6.07, 6.45) is 4.43. The van der Waals surface area contributed by atoms with Crippen molar-refractivity contribution in [2.24, 2.45) is 0 Å². The molecule has 2 heterocycles. The molecule has 0 aliphatic rings. The maximum atomic E-state index is 13.4. The lowest BCUT2D eigenvalue weighted by Gasteiger charge is -2.25. The fourth-order valence-corrected chi connectivity index (χ4v) is 2.40. The van der Waals surface area contributed by atoms with Crippen LogP contribution in [0.1, 0.15) is 29.8 Å². The van der Waals surface area contributed by atoms with Gasteiger partial charge in [-0.25, -0.2) is 19.0 Å². The van der Waals surface area contributed by atoms with Gasteiger partial charge in [-0.15, -0.1) is 0 Å². The van der Waals surface area contributed by atoms with Gasteiger partial charge in [0.15, 0.2) is 5.82 Å². The molecule has 1 amide bonds. The molecule has 0 atom stereocenters. The summed E-state index contributed by atoms with van der Waals surface area (Å²) in [5, 5.41) is 6.86. The third-order valence-electron chi connectivity index (χ3n) is 3.96. The highest BCUT2D eigenvalue weighted by Gasteiger charge is 2.22. The van der Waals surface area contributed by atoms with E-state index in [1.54, 1.807) is 18.2 Å². The van der Waals surface area contributed by atoms with Gasteiger partial charge in [0.05, 0.1) is 5.56 Å². The quantitative estimate of drug-likeness (QED) is 0.775. The summed E-state index contributed by atoms with van der Waals surface area (Å²) in [4.78, 5) is 20.4. The van der Waals surface area contributed by atoms with E-state index in [2.05, 4.69) is 20.4 Å². The second-order valence-electron chi connectivity index (χ2n) is 6.32. The summed E-state index contributed by atoms with van der Waals surface area (Å²) in [5.41, 5.74) is 0.873. The minimum atomic E-state index is -0.397. The van der Waals surface area contributed by atoms with Gasteiger partial charge in [-0.05, 0) is 29.8 Å². The molecule has 0 aliphatic carbocycles. The second-order valence-corrected chi connectivity index (χ2v) is 6.32.